The first-order valence-corrected chi connectivity index (χ1v) is 8.83. The number of nitrogens with zero attached hydrogens (tertiary/aromatic N) is 3. The SMILES string of the molecule is Cc1nc(C(C)C)ncc1C(=O)N1CC[C@H](c2ccccc2C(=O)O)C1. The summed E-state index contributed by atoms with van der Waals surface area (Å²) in [4.78, 5) is 34.8. The number of hydrogen-bond acceptors (Lipinski definition) is 4. The summed E-state index contributed by atoms with van der Waals surface area (Å²) in [5.41, 5.74) is 2.30. The normalized spacial score (nSPS) is 16.9. The van der Waals surface area contributed by atoms with Gasteiger partial charge in [0.05, 0.1) is 16.8 Å². The second kappa shape index (κ2) is 7.23. The van der Waals surface area contributed by atoms with Gasteiger partial charge in [-0.3, -0.25) is 4.79 Å². The Morgan fingerprint density at radius 1 is 1.23 bits per heavy atom. The van der Waals surface area contributed by atoms with Gasteiger partial charge in [0.2, 0.25) is 0 Å². The van der Waals surface area contributed by atoms with Crippen LogP contribution in [0.3, 0.4) is 0 Å². The zero-order valence-electron chi connectivity index (χ0n) is 15.3. The lowest BCUT2D eigenvalue weighted by molar-refractivity contribution is 0.0695. The van der Waals surface area contributed by atoms with Crippen LogP contribution in [0.4, 0.5) is 0 Å². The van der Waals surface area contributed by atoms with Crippen molar-refractivity contribution < 1.29 is 14.7 Å². The Morgan fingerprint density at radius 2 is 1.96 bits per heavy atom. The molecule has 1 aliphatic heterocycles. The predicted octanol–water partition coefficient (Wildman–Crippen LogP) is 3.24. The molecule has 1 N–H and O–H groups in total. The first-order chi connectivity index (χ1) is 12.4. The van der Waals surface area contributed by atoms with Crippen molar-refractivity contribution in [3.8, 4) is 0 Å². The summed E-state index contributed by atoms with van der Waals surface area (Å²) >= 11 is 0. The van der Waals surface area contributed by atoms with Crippen molar-refractivity contribution in [3.63, 3.8) is 0 Å². The number of aromatic nitrogens is 2. The molecule has 3 rings (SSSR count). The van der Waals surface area contributed by atoms with Gasteiger partial charge in [0.1, 0.15) is 5.82 Å². The Bertz CT molecular complexity index is 848. The zero-order valence-corrected chi connectivity index (χ0v) is 15.3. The van der Waals surface area contributed by atoms with E-state index in [1.165, 1.54) is 0 Å². The maximum Gasteiger partial charge on any atom is 0.335 e. The van der Waals surface area contributed by atoms with Crippen molar-refractivity contribution in [2.24, 2.45) is 0 Å². The fraction of sp³-hybridized carbons (Fsp3) is 0.400. The molecule has 1 aromatic heterocycles. The lowest BCUT2D eigenvalue weighted by atomic mass is 9.93. The summed E-state index contributed by atoms with van der Waals surface area (Å²) in [6, 6.07) is 7.02. The third-order valence-corrected chi connectivity index (χ3v) is 4.85. The Kier molecular flexibility index (Phi) is 5.02. The van der Waals surface area contributed by atoms with Crippen LogP contribution in [0.1, 0.15) is 69.9 Å². The number of carbonyl (C=O) groups is 2. The number of rotatable bonds is 4. The second-order valence-electron chi connectivity index (χ2n) is 7.01. The van der Waals surface area contributed by atoms with E-state index in [-0.39, 0.29) is 17.7 Å². The number of hydrogen-bond donors (Lipinski definition) is 1. The summed E-state index contributed by atoms with van der Waals surface area (Å²) in [6.45, 7) is 6.97. The molecule has 6 heteroatoms. The maximum absolute atomic E-state index is 12.9. The fourth-order valence-corrected chi connectivity index (χ4v) is 3.39. The molecule has 1 fully saturated rings. The van der Waals surface area contributed by atoms with Crippen LogP contribution in [-0.4, -0.2) is 44.9 Å². The third-order valence-electron chi connectivity index (χ3n) is 4.85. The summed E-state index contributed by atoms with van der Waals surface area (Å²) < 4.78 is 0. The van der Waals surface area contributed by atoms with E-state index in [9.17, 15) is 14.7 Å². The van der Waals surface area contributed by atoms with Crippen LogP contribution in [0.5, 0.6) is 0 Å². The van der Waals surface area contributed by atoms with Crippen molar-refractivity contribution in [1.82, 2.24) is 14.9 Å². The number of amides is 1. The highest BCUT2D eigenvalue weighted by Gasteiger charge is 2.31. The molecule has 26 heavy (non-hydrogen) atoms. The summed E-state index contributed by atoms with van der Waals surface area (Å²) in [5, 5.41) is 9.39. The zero-order chi connectivity index (χ0) is 18.8. The van der Waals surface area contributed by atoms with Crippen molar-refractivity contribution in [3.05, 3.63) is 58.7 Å². The van der Waals surface area contributed by atoms with Gasteiger partial charge in [-0.1, -0.05) is 32.0 Å². The Morgan fingerprint density at radius 3 is 2.62 bits per heavy atom. The Hall–Kier alpha value is -2.76. The molecule has 136 valence electrons. The van der Waals surface area contributed by atoms with Crippen LogP contribution in [0.15, 0.2) is 30.5 Å². The molecular formula is C20H23N3O3. The molecule has 6 nitrogen and oxygen atoms in total. The van der Waals surface area contributed by atoms with Gasteiger partial charge in [-0.15, -0.1) is 0 Å². The molecule has 1 atom stereocenters. The molecule has 1 saturated heterocycles. The number of likely N-dealkylation sites (tertiary alicyclic amines) is 1. The number of carbonyl (C=O) groups excluding carboxylic acids is 1. The van der Waals surface area contributed by atoms with E-state index < -0.39 is 5.97 Å². The van der Waals surface area contributed by atoms with Gasteiger partial charge >= 0.3 is 5.97 Å². The first-order valence-electron chi connectivity index (χ1n) is 8.83. The summed E-state index contributed by atoms with van der Waals surface area (Å²) in [5.74, 6) is -0.0512. The molecule has 0 aliphatic carbocycles. The van der Waals surface area contributed by atoms with Crippen LogP contribution in [-0.2, 0) is 0 Å². The minimum atomic E-state index is -0.932. The molecule has 0 spiro atoms. The van der Waals surface area contributed by atoms with Crippen molar-refractivity contribution in [2.45, 2.75) is 39.0 Å². The predicted molar refractivity (Wildman–Crippen MR) is 97.5 cm³/mol. The molecular weight excluding hydrogens is 330 g/mol. The lowest BCUT2D eigenvalue weighted by Crippen LogP contribution is -2.29. The molecule has 1 aromatic carbocycles. The molecule has 0 unspecified atom stereocenters. The average molecular weight is 353 g/mol. The average Bonchev–Trinajstić information content (AvgIpc) is 3.11. The first kappa shape index (κ1) is 18.0. The monoisotopic (exact) mass is 353 g/mol. The van der Waals surface area contributed by atoms with E-state index in [0.717, 1.165) is 17.8 Å². The molecule has 1 amide bonds. The number of carboxylic acids is 1. The van der Waals surface area contributed by atoms with E-state index in [4.69, 9.17) is 0 Å². The highest BCUT2D eigenvalue weighted by Crippen LogP contribution is 2.30. The van der Waals surface area contributed by atoms with Crippen molar-refractivity contribution in [1.29, 1.82) is 0 Å². The minimum absolute atomic E-state index is 0.0300. The van der Waals surface area contributed by atoms with Gasteiger partial charge in [0.15, 0.2) is 0 Å². The van der Waals surface area contributed by atoms with E-state index >= 15 is 0 Å². The van der Waals surface area contributed by atoms with E-state index in [2.05, 4.69) is 9.97 Å². The lowest BCUT2D eigenvalue weighted by Gasteiger charge is -2.18. The summed E-state index contributed by atoms with van der Waals surface area (Å²) in [6.07, 6.45) is 2.36. The second-order valence-corrected chi connectivity index (χ2v) is 7.01. The molecule has 2 heterocycles. The maximum atomic E-state index is 12.9. The number of aryl methyl sites for hydroxylation is 1. The Balaban J connectivity index is 1.79. The van der Waals surface area contributed by atoms with Crippen LogP contribution in [0.2, 0.25) is 0 Å². The van der Waals surface area contributed by atoms with Gasteiger partial charge in [-0.2, -0.15) is 0 Å². The number of benzene rings is 1. The van der Waals surface area contributed by atoms with Gasteiger partial charge in [0.25, 0.3) is 5.91 Å². The molecule has 2 aromatic rings. The van der Waals surface area contributed by atoms with Crippen molar-refractivity contribution >= 4 is 11.9 Å². The third kappa shape index (κ3) is 3.45. The number of aromatic carboxylic acids is 1. The van der Waals surface area contributed by atoms with E-state index in [1.807, 2.05) is 32.9 Å². The van der Waals surface area contributed by atoms with Crippen LogP contribution < -0.4 is 0 Å². The van der Waals surface area contributed by atoms with E-state index in [1.54, 1.807) is 23.2 Å². The topological polar surface area (TPSA) is 83.4 Å². The summed E-state index contributed by atoms with van der Waals surface area (Å²) in [7, 11) is 0. The molecule has 0 saturated carbocycles. The quantitative estimate of drug-likeness (QED) is 0.912. The van der Waals surface area contributed by atoms with Gasteiger partial charge in [-0.05, 0) is 25.0 Å². The molecule has 1 aliphatic rings. The van der Waals surface area contributed by atoms with Crippen LogP contribution in [0.25, 0.3) is 0 Å². The standard InChI is InChI=1S/C20H23N3O3/c1-12(2)18-21-10-17(13(3)22-18)19(24)23-9-8-14(11-23)15-6-4-5-7-16(15)20(25)26/h4-7,10,12,14H,8-9,11H2,1-3H3,(H,25,26)/t14-/m0/s1. The number of carboxylic acid groups (broad SMARTS) is 1. The van der Waals surface area contributed by atoms with Gasteiger partial charge in [-0.25, -0.2) is 14.8 Å². The molecule has 0 bridgehead atoms. The minimum Gasteiger partial charge on any atom is -0.478 e. The fourth-order valence-electron chi connectivity index (χ4n) is 3.39. The van der Waals surface area contributed by atoms with Crippen LogP contribution in [0, 0.1) is 6.92 Å². The Labute approximate surface area is 152 Å². The van der Waals surface area contributed by atoms with Crippen molar-refractivity contribution in [2.75, 3.05) is 13.1 Å². The van der Waals surface area contributed by atoms with E-state index in [0.29, 0.717) is 29.9 Å². The van der Waals surface area contributed by atoms with Crippen LogP contribution >= 0.6 is 0 Å². The van der Waals surface area contributed by atoms with Gasteiger partial charge in [0, 0.05) is 31.1 Å². The smallest absolute Gasteiger partial charge is 0.335 e. The molecule has 0 radical (unpaired) electrons. The highest BCUT2D eigenvalue weighted by molar-refractivity contribution is 5.95. The highest BCUT2D eigenvalue weighted by atomic mass is 16.4. The van der Waals surface area contributed by atoms with Gasteiger partial charge < -0.3 is 10.0 Å². The largest absolute Gasteiger partial charge is 0.478 e.